The second-order valence-electron chi connectivity index (χ2n) is 6.17. The van der Waals surface area contributed by atoms with Gasteiger partial charge in [-0.3, -0.25) is 4.72 Å². The normalized spacial score (nSPS) is 17.5. The molecule has 26 heavy (non-hydrogen) atoms. The van der Waals surface area contributed by atoms with E-state index in [-0.39, 0.29) is 5.82 Å². The molecule has 0 radical (unpaired) electrons. The molecule has 3 aromatic rings. The molecule has 1 atom stereocenters. The van der Waals surface area contributed by atoms with Crippen molar-refractivity contribution < 1.29 is 8.42 Å². The first-order valence-corrected chi connectivity index (χ1v) is 10.9. The zero-order chi connectivity index (χ0) is 18.1. The molecule has 1 aliphatic rings. The van der Waals surface area contributed by atoms with Crippen LogP contribution in [-0.4, -0.2) is 48.8 Å². The van der Waals surface area contributed by atoms with Gasteiger partial charge in [-0.05, 0) is 36.5 Å². The lowest BCUT2D eigenvalue weighted by Crippen LogP contribution is -2.22. The summed E-state index contributed by atoms with van der Waals surface area (Å²) < 4.78 is 26.3. The van der Waals surface area contributed by atoms with E-state index in [0.29, 0.717) is 17.4 Å². The third kappa shape index (κ3) is 3.76. The van der Waals surface area contributed by atoms with Crippen molar-refractivity contribution in [2.24, 2.45) is 0 Å². The number of nitrogens with one attached hydrogen (secondary N) is 3. The van der Waals surface area contributed by atoms with E-state index in [9.17, 15) is 8.42 Å². The molecule has 3 aromatic heterocycles. The number of hydrogen-bond acceptors (Lipinski definition) is 8. The van der Waals surface area contributed by atoms with Crippen LogP contribution in [0.4, 0.5) is 11.6 Å². The van der Waals surface area contributed by atoms with Crippen molar-refractivity contribution in [3.63, 3.8) is 0 Å². The Labute approximate surface area is 155 Å². The molecule has 136 valence electrons. The average Bonchev–Trinajstić information content (AvgIpc) is 3.24. The van der Waals surface area contributed by atoms with E-state index in [1.807, 2.05) is 11.4 Å². The van der Waals surface area contributed by atoms with Gasteiger partial charge >= 0.3 is 0 Å². The van der Waals surface area contributed by atoms with Crippen molar-refractivity contribution in [2.75, 3.05) is 29.4 Å². The third-order valence-electron chi connectivity index (χ3n) is 4.01. The van der Waals surface area contributed by atoms with Gasteiger partial charge in [-0.15, -0.1) is 11.3 Å². The summed E-state index contributed by atoms with van der Waals surface area (Å²) in [5.41, 5.74) is 1.56. The van der Waals surface area contributed by atoms with E-state index >= 15 is 0 Å². The van der Waals surface area contributed by atoms with Gasteiger partial charge in [0.15, 0.2) is 5.82 Å². The highest BCUT2D eigenvalue weighted by Gasteiger charge is 2.18. The van der Waals surface area contributed by atoms with Crippen LogP contribution in [0.5, 0.6) is 0 Å². The topological polar surface area (TPSA) is 109 Å². The van der Waals surface area contributed by atoms with Crippen LogP contribution in [0.1, 0.15) is 6.42 Å². The van der Waals surface area contributed by atoms with Crippen molar-refractivity contribution in [3.05, 3.63) is 29.8 Å². The van der Waals surface area contributed by atoms with Crippen molar-refractivity contribution in [3.8, 4) is 11.4 Å². The van der Waals surface area contributed by atoms with Crippen LogP contribution in [0, 0.1) is 0 Å². The molecule has 0 saturated carbocycles. The summed E-state index contributed by atoms with van der Waals surface area (Å²) >= 11 is 1.60. The molecule has 8 nitrogen and oxygen atoms in total. The molecule has 0 aliphatic carbocycles. The summed E-state index contributed by atoms with van der Waals surface area (Å²) in [7, 11) is -3.40. The van der Waals surface area contributed by atoms with Crippen LogP contribution < -0.4 is 15.4 Å². The molecule has 1 aliphatic heterocycles. The van der Waals surface area contributed by atoms with Gasteiger partial charge < -0.3 is 10.6 Å². The maximum Gasteiger partial charge on any atom is 0.230 e. The van der Waals surface area contributed by atoms with E-state index in [1.165, 1.54) is 6.20 Å². The molecular formula is C16H18N6O2S2. The maximum absolute atomic E-state index is 11.4. The fraction of sp³-hybridized carbons (Fsp3) is 0.312. The molecule has 0 amide bonds. The quantitative estimate of drug-likeness (QED) is 0.610. The first kappa shape index (κ1) is 17.1. The molecule has 1 unspecified atom stereocenters. The van der Waals surface area contributed by atoms with E-state index in [2.05, 4.69) is 25.3 Å². The Hall–Kier alpha value is -2.30. The molecule has 1 saturated heterocycles. The highest BCUT2D eigenvalue weighted by atomic mass is 32.2. The lowest BCUT2D eigenvalue weighted by molar-refractivity contribution is 0.606. The lowest BCUT2D eigenvalue weighted by atomic mass is 10.2. The van der Waals surface area contributed by atoms with E-state index in [4.69, 9.17) is 4.98 Å². The SMILES string of the molecule is CS(=O)(=O)Nc1cc(-c2nc(NC3CCNC3)c3sccc3n2)ccn1. The number of aromatic nitrogens is 3. The van der Waals surface area contributed by atoms with Gasteiger partial charge in [0.05, 0.1) is 16.5 Å². The zero-order valence-electron chi connectivity index (χ0n) is 14.1. The Morgan fingerprint density at radius 2 is 2.19 bits per heavy atom. The number of sulfonamides is 1. The molecule has 0 bridgehead atoms. The van der Waals surface area contributed by atoms with Crippen LogP contribution in [0.2, 0.25) is 0 Å². The highest BCUT2D eigenvalue weighted by Crippen LogP contribution is 2.30. The number of pyridine rings is 1. The summed E-state index contributed by atoms with van der Waals surface area (Å²) in [5, 5.41) is 8.83. The number of thiophene rings is 1. The van der Waals surface area contributed by atoms with Gasteiger partial charge in [0, 0.05) is 24.3 Å². The number of hydrogen-bond donors (Lipinski definition) is 3. The summed E-state index contributed by atoms with van der Waals surface area (Å²) in [5.74, 6) is 1.58. The van der Waals surface area contributed by atoms with Crippen LogP contribution in [0.25, 0.3) is 21.6 Å². The maximum atomic E-state index is 11.4. The average molecular weight is 390 g/mol. The minimum atomic E-state index is -3.40. The molecule has 0 aromatic carbocycles. The monoisotopic (exact) mass is 390 g/mol. The second kappa shape index (κ2) is 6.78. The summed E-state index contributed by atoms with van der Waals surface area (Å²) in [6.07, 6.45) is 3.68. The summed E-state index contributed by atoms with van der Waals surface area (Å²) in [4.78, 5) is 13.4. The van der Waals surface area contributed by atoms with Gasteiger partial charge in [-0.2, -0.15) is 0 Å². The predicted octanol–water partition coefficient (Wildman–Crippen LogP) is 1.90. The third-order valence-corrected chi connectivity index (χ3v) is 5.50. The van der Waals surface area contributed by atoms with Crippen LogP contribution in [0.3, 0.4) is 0 Å². The van der Waals surface area contributed by atoms with Crippen LogP contribution in [-0.2, 0) is 10.0 Å². The first-order chi connectivity index (χ1) is 12.5. The zero-order valence-corrected chi connectivity index (χ0v) is 15.7. The first-order valence-electron chi connectivity index (χ1n) is 8.15. The number of anilines is 2. The number of nitrogens with zero attached hydrogens (tertiary/aromatic N) is 3. The van der Waals surface area contributed by atoms with Crippen molar-refractivity contribution >= 4 is 43.2 Å². The van der Waals surface area contributed by atoms with Crippen LogP contribution in [0.15, 0.2) is 29.8 Å². The fourth-order valence-electron chi connectivity index (χ4n) is 2.88. The smallest absolute Gasteiger partial charge is 0.230 e. The standard InChI is InChI=1S/C16H18N6O2S2/c1-26(23,24)22-13-8-10(2-6-18-13)15-20-12-4-7-25-14(12)16(21-15)19-11-3-5-17-9-11/h2,4,6-8,11,17H,3,5,9H2,1H3,(H,18,22)(H,19,20,21). The highest BCUT2D eigenvalue weighted by molar-refractivity contribution is 7.92. The van der Waals surface area contributed by atoms with Crippen molar-refractivity contribution in [1.82, 2.24) is 20.3 Å². The molecule has 4 heterocycles. The minimum Gasteiger partial charge on any atom is -0.365 e. The Balaban J connectivity index is 1.73. The Bertz CT molecular complexity index is 1040. The van der Waals surface area contributed by atoms with Gasteiger partial charge in [-0.25, -0.2) is 23.4 Å². The predicted molar refractivity (Wildman–Crippen MR) is 104 cm³/mol. The van der Waals surface area contributed by atoms with E-state index in [1.54, 1.807) is 23.5 Å². The van der Waals surface area contributed by atoms with E-state index < -0.39 is 10.0 Å². The Morgan fingerprint density at radius 1 is 1.31 bits per heavy atom. The summed E-state index contributed by atoms with van der Waals surface area (Å²) in [6, 6.07) is 5.69. The van der Waals surface area contributed by atoms with Crippen molar-refractivity contribution in [1.29, 1.82) is 0 Å². The van der Waals surface area contributed by atoms with Gasteiger partial charge in [0.1, 0.15) is 11.6 Å². The van der Waals surface area contributed by atoms with Gasteiger partial charge in [0.25, 0.3) is 0 Å². The molecular weight excluding hydrogens is 372 g/mol. The minimum absolute atomic E-state index is 0.244. The van der Waals surface area contributed by atoms with Gasteiger partial charge in [-0.1, -0.05) is 0 Å². The van der Waals surface area contributed by atoms with Gasteiger partial charge in [0.2, 0.25) is 10.0 Å². The molecule has 1 fully saturated rings. The molecule has 10 heteroatoms. The Morgan fingerprint density at radius 3 is 2.96 bits per heavy atom. The van der Waals surface area contributed by atoms with Crippen LogP contribution >= 0.6 is 11.3 Å². The number of rotatable bonds is 5. The van der Waals surface area contributed by atoms with Crippen molar-refractivity contribution in [2.45, 2.75) is 12.5 Å². The molecule has 4 rings (SSSR count). The molecule has 0 spiro atoms. The number of fused-ring (bicyclic) bond motifs is 1. The second-order valence-corrected chi connectivity index (χ2v) is 8.83. The molecule has 3 N–H and O–H groups in total. The van der Waals surface area contributed by atoms with E-state index in [0.717, 1.165) is 41.8 Å². The fourth-order valence-corrected chi connectivity index (χ4v) is 4.15. The Kier molecular flexibility index (Phi) is 4.47. The largest absolute Gasteiger partial charge is 0.365 e. The summed E-state index contributed by atoms with van der Waals surface area (Å²) in [6.45, 7) is 1.90. The lowest BCUT2D eigenvalue weighted by Gasteiger charge is -2.14.